The second kappa shape index (κ2) is 9.01. The van der Waals surface area contributed by atoms with Crippen molar-refractivity contribution in [2.75, 3.05) is 13.2 Å². The third kappa shape index (κ3) is 5.73. The number of fused-ring (bicyclic) bond motifs is 1. The Labute approximate surface area is 187 Å². The Balaban J connectivity index is 2.09. The molecule has 0 saturated heterocycles. The lowest BCUT2D eigenvalue weighted by Gasteiger charge is -2.36. The van der Waals surface area contributed by atoms with Crippen molar-refractivity contribution >= 4 is 22.4 Å². The summed E-state index contributed by atoms with van der Waals surface area (Å²) in [5.41, 5.74) is 4.71. The molecular weight excluding hydrogens is 404 g/mol. The van der Waals surface area contributed by atoms with E-state index in [1.807, 2.05) is 0 Å². The van der Waals surface area contributed by atoms with Crippen LogP contribution in [0.2, 0.25) is 36.3 Å². The molecule has 0 spiro atoms. The number of ketones is 1. The van der Waals surface area contributed by atoms with Gasteiger partial charge in [0.1, 0.15) is 0 Å². The molecule has 0 unspecified atom stereocenters. The summed E-state index contributed by atoms with van der Waals surface area (Å²) in [7, 11) is -3.50. The van der Waals surface area contributed by atoms with Crippen LogP contribution >= 0.6 is 0 Å². The van der Waals surface area contributed by atoms with Gasteiger partial charge in [0.15, 0.2) is 22.4 Å². The molecule has 1 aromatic rings. The standard InChI is InChI=1S/C25H44O3Si2/c1-24(2,3)29(7,8)27-17-15-19-11-12-20(23-21(19)13-14-22(23)26)16-18-28-30(9,10)25(4,5)6/h11-12H,13-18H2,1-10H3. The summed E-state index contributed by atoms with van der Waals surface area (Å²) < 4.78 is 12.8. The first-order valence-corrected chi connectivity index (χ1v) is 17.3. The zero-order chi connectivity index (χ0) is 23.0. The molecule has 2 rings (SSSR count). The second-order valence-corrected chi connectivity index (χ2v) is 21.5. The van der Waals surface area contributed by atoms with Crippen LogP contribution in [0.5, 0.6) is 0 Å². The maximum absolute atomic E-state index is 12.7. The quantitative estimate of drug-likeness (QED) is 0.404. The first kappa shape index (κ1) is 25.5. The van der Waals surface area contributed by atoms with Crippen molar-refractivity contribution in [2.45, 2.75) is 103 Å². The molecule has 0 heterocycles. The molecule has 170 valence electrons. The Morgan fingerprint density at radius 2 is 1.20 bits per heavy atom. The monoisotopic (exact) mass is 448 g/mol. The third-order valence-corrected chi connectivity index (χ3v) is 16.7. The Kier molecular flexibility index (Phi) is 7.66. The minimum absolute atomic E-state index is 0.207. The average molecular weight is 449 g/mol. The second-order valence-electron chi connectivity index (χ2n) is 11.9. The minimum atomic E-state index is -1.76. The van der Waals surface area contributed by atoms with Crippen LogP contribution in [0.25, 0.3) is 0 Å². The first-order chi connectivity index (χ1) is 13.6. The van der Waals surface area contributed by atoms with Gasteiger partial charge in [-0.15, -0.1) is 0 Å². The topological polar surface area (TPSA) is 35.5 Å². The van der Waals surface area contributed by atoms with Crippen molar-refractivity contribution in [1.29, 1.82) is 0 Å². The van der Waals surface area contributed by atoms with Crippen LogP contribution in [0, 0.1) is 0 Å². The number of carbonyl (C=O) groups excluding carboxylic acids is 1. The molecule has 0 saturated carbocycles. The highest BCUT2D eigenvalue weighted by Gasteiger charge is 2.38. The van der Waals surface area contributed by atoms with E-state index in [1.54, 1.807) is 0 Å². The lowest BCUT2D eigenvalue weighted by Crippen LogP contribution is -2.41. The fourth-order valence-electron chi connectivity index (χ4n) is 3.44. The number of carbonyl (C=O) groups is 1. The number of Topliss-reactive ketones (excluding diaryl/α,β-unsaturated/α-hetero) is 1. The average Bonchev–Trinajstić information content (AvgIpc) is 2.96. The first-order valence-electron chi connectivity index (χ1n) is 11.5. The van der Waals surface area contributed by atoms with Crippen LogP contribution in [-0.4, -0.2) is 35.6 Å². The maximum atomic E-state index is 12.7. The zero-order valence-electron chi connectivity index (χ0n) is 21.1. The van der Waals surface area contributed by atoms with Crippen molar-refractivity contribution in [3.63, 3.8) is 0 Å². The Morgan fingerprint density at radius 1 is 0.767 bits per heavy atom. The molecule has 1 aliphatic carbocycles. The third-order valence-electron chi connectivity index (χ3n) is 7.66. The van der Waals surface area contributed by atoms with Crippen LogP contribution in [0.3, 0.4) is 0 Å². The summed E-state index contributed by atoms with van der Waals surface area (Å²) in [5.74, 6) is 0.305. The molecule has 1 aliphatic rings. The Hall–Kier alpha value is -0.756. The molecule has 0 amide bonds. The molecule has 0 bridgehead atoms. The molecule has 0 aliphatic heterocycles. The van der Waals surface area contributed by atoms with E-state index in [2.05, 4.69) is 79.9 Å². The van der Waals surface area contributed by atoms with Gasteiger partial charge in [0.25, 0.3) is 0 Å². The highest BCUT2D eigenvalue weighted by molar-refractivity contribution is 6.74. The molecule has 1 aromatic carbocycles. The Morgan fingerprint density at radius 3 is 1.67 bits per heavy atom. The molecular formula is C25H44O3Si2. The van der Waals surface area contributed by atoms with E-state index in [9.17, 15) is 4.79 Å². The summed E-state index contributed by atoms with van der Waals surface area (Å²) in [6.45, 7) is 24.2. The minimum Gasteiger partial charge on any atom is -0.416 e. The molecule has 0 radical (unpaired) electrons. The number of rotatable bonds is 8. The van der Waals surface area contributed by atoms with Crippen LogP contribution in [0.4, 0.5) is 0 Å². The van der Waals surface area contributed by atoms with E-state index in [4.69, 9.17) is 8.85 Å². The summed E-state index contributed by atoms with van der Waals surface area (Å²) in [5, 5.41) is 0.428. The van der Waals surface area contributed by atoms with E-state index in [0.717, 1.165) is 31.4 Å². The predicted octanol–water partition coefficient (Wildman–Crippen LogP) is 6.94. The normalized spacial score (nSPS) is 15.6. The van der Waals surface area contributed by atoms with Gasteiger partial charge < -0.3 is 8.85 Å². The molecule has 30 heavy (non-hydrogen) atoms. The molecule has 0 atom stereocenters. The van der Waals surface area contributed by atoms with E-state index in [0.29, 0.717) is 18.8 Å². The van der Waals surface area contributed by atoms with Crippen LogP contribution < -0.4 is 0 Å². The predicted molar refractivity (Wildman–Crippen MR) is 133 cm³/mol. The highest BCUT2D eigenvalue weighted by Crippen LogP contribution is 2.38. The van der Waals surface area contributed by atoms with E-state index in [-0.39, 0.29) is 10.1 Å². The van der Waals surface area contributed by atoms with Crippen molar-refractivity contribution in [2.24, 2.45) is 0 Å². The molecule has 3 nitrogen and oxygen atoms in total. The van der Waals surface area contributed by atoms with Crippen molar-refractivity contribution in [3.05, 3.63) is 34.4 Å². The smallest absolute Gasteiger partial charge is 0.191 e. The van der Waals surface area contributed by atoms with Gasteiger partial charge in [-0.3, -0.25) is 4.79 Å². The maximum Gasteiger partial charge on any atom is 0.191 e. The van der Waals surface area contributed by atoms with Crippen LogP contribution in [0.15, 0.2) is 12.1 Å². The van der Waals surface area contributed by atoms with Crippen molar-refractivity contribution in [1.82, 2.24) is 0 Å². The van der Waals surface area contributed by atoms with Gasteiger partial charge in [-0.25, -0.2) is 0 Å². The van der Waals surface area contributed by atoms with Gasteiger partial charge in [-0.1, -0.05) is 53.7 Å². The number of hydrogen-bond donors (Lipinski definition) is 0. The fraction of sp³-hybridized carbons (Fsp3) is 0.720. The zero-order valence-corrected chi connectivity index (χ0v) is 23.1. The van der Waals surface area contributed by atoms with Gasteiger partial charge in [-0.05, 0) is 72.2 Å². The Bertz CT molecular complexity index is 768. The lowest BCUT2D eigenvalue weighted by molar-refractivity contribution is 0.0993. The fourth-order valence-corrected chi connectivity index (χ4v) is 5.53. The van der Waals surface area contributed by atoms with Gasteiger partial charge in [-0.2, -0.15) is 0 Å². The van der Waals surface area contributed by atoms with Crippen molar-refractivity contribution in [3.8, 4) is 0 Å². The summed E-state index contributed by atoms with van der Waals surface area (Å²) in [4.78, 5) is 12.7. The summed E-state index contributed by atoms with van der Waals surface area (Å²) >= 11 is 0. The van der Waals surface area contributed by atoms with Gasteiger partial charge in [0.05, 0.1) is 0 Å². The summed E-state index contributed by atoms with van der Waals surface area (Å²) in [6, 6.07) is 4.40. The highest BCUT2D eigenvalue weighted by atomic mass is 28.4. The summed E-state index contributed by atoms with van der Waals surface area (Å²) in [6.07, 6.45) is 3.23. The number of hydrogen-bond acceptors (Lipinski definition) is 3. The van der Waals surface area contributed by atoms with Crippen LogP contribution in [-0.2, 0) is 28.1 Å². The van der Waals surface area contributed by atoms with E-state index in [1.165, 1.54) is 16.7 Å². The van der Waals surface area contributed by atoms with Gasteiger partial charge in [0, 0.05) is 25.2 Å². The molecule has 0 N–H and O–H groups in total. The van der Waals surface area contributed by atoms with Crippen LogP contribution in [0.1, 0.15) is 75.0 Å². The van der Waals surface area contributed by atoms with Crippen molar-refractivity contribution < 1.29 is 13.6 Å². The van der Waals surface area contributed by atoms with E-state index >= 15 is 0 Å². The molecule has 0 fully saturated rings. The van der Waals surface area contributed by atoms with Gasteiger partial charge in [0.2, 0.25) is 0 Å². The number of benzene rings is 1. The van der Waals surface area contributed by atoms with Gasteiger partial charge >= 0.3 is 0 Å². The SMILES string of the molecule is CC(C)(C)[Si](C)(C)OCCc1ccc(CCO[Si](C)(C)C(C)(C)C)c2c1CCC2=O. The molecule has 5 heteroatoms. The molecule has 0 aromatic heterocycles. The van der Waals surface area contributed by atoms with E-state index < -0.39 is 16.6 Å². The largest absolute Gasteiger partial charge is 0.416 e. The lowest BCUT2D eigenvalue weighted by atomic mass is 9.95.